The SMILES string of the molecule is COc1ccccc1/C=C(/NC(=O)c1ccccc1)C(=O)N1CCc2ccccc21. The van der Waals surface area contributed by atoms with E-state index in [0.717, 1.165) is 17.7 Å². The van der Waals surface area contributed by atoms with Crippen LogP contribution in [0.25, 0.3) is 6.08 Å². The lowest BCUT2D eigenvalue weighted by Crippen LogP contribution is -2.37. The van der Waals surface area contributed by atoms with Crippen LogP contribution in [0.3, 0.4) is 0 Å². The van der Waals surface area contributed by atoms with E-state index in [1.54, 1.807) is 42.4 Å². The predicted octanol–water partition coefficient (Wildman–Crippen LogP) is 4.06. The third-order valence-electron chi connectivity index (χ3n) is 5.09. The molecule has 30 heavy (non-hydrogen) atoms. The van der Waals surface area contributed by atoms with Gasteiger partial charge in [-0.2, -0.15) is 0 Å². The van der Waals surface area contributed by atoms with Crippen molar-refractivity contribution in [3.63, 3.8) is 0 Å². The molecule has 1 heterocycles. The Morgan fingerprint density at radius 2 is 1.63 bits per heavy atom. The number of carbonyl (C=O) groups excluding carboxylic acids is 2. The fourth-order valence-corrected chi connectivity index (χ4v) is 3.57. The molecule has 5 nitrogen and oxygen atoms in total. The second-order valence-corrected chi connectivity index (χ2v) is 6.96. The minimum atomic E-state index is -0.336. The zero-order valence-corrected chi connectivity index (χ0v) is 16.7. The second kappa shape index (κ2) is 8.66. The smallest absolute Gasteiger partial charge is 0.274 e. The first-order valence-corrected chi connectivity index (χ1v) is 9.78. The third kappa shape index (κ3) is 3.96. The minimum absolute atomic E-state index is 0.199. The van der Waals surface area contributed by atoms with Crippen LogP contribution < -0.4 is 15.0 Å². The summed E-state index contributed by atoms with van der Waals surface area (Å²) in [4.78, 5) is 28.0. The van der Waals surface area contributed by atoms with Crippen molar-refractivity contribution in [2.75, 3.05) is 18.6 Å². The number of carbonyl (C=O) groups is 2. The molecule has 4 rings (SSSR count). The van der Waals surface area contributed by atoms with Gasteiger partial charge in [0.2, 0.25) is 0 Å². The van der Waals surface area contributed by atoms with Gasteiger partial charge in [0.1, 0.15) is 11.4 Å². The summed E-state index contributed by atoms with van der Waals surface area (Å²) >= 11 is 0. The highest BCUT2D eigenvalue weighted by Crippen LogP contribution is 2.29. The number of hydrogen-bond acceptors (Lipinski definition) is 3. The van der Waals surface area contributed by atoms with Crippen LogP contribution in [0, 0.1) is 0 Å². The van der Waals surface area contributed by atoms with Gasteiger partial charge in [0.15, 0.2) is 0 Å². The molecule has 150 valence electrons. The number of amides is 2. The molecule has 0 radical (unpaired) electrons. The molecule has 0 atom stereocenters. The van der Waals surface area contributed by atoms with Gasteiger partial charge in [-0.15, -0.1) is 0 Å². The summed E-state index contributed by atoms with van der Waals surface area (Å²) in [6.07, 6.45) is 2.46. The van der Waals surface area contributed by atoms with E-state index in [2.05, 4.69) is 5.32 Å². The van der Waals surface area contributed by atoms with Gasteiger partial charge in [-0.3, -0.25) is 9.59 Å². The van der Waals surface area contributed by atoms with E-state index in [4.69, 9.17) is 4.74 Å². The van der Waals surface area contributed by atoms with Gasteiger partial charge >= 0.3 is 0 Å². The van der Waals surface area contributed by atoms with Crippen LogP contribution in [0.4, 0.5) is 5.69 Å². The lowest BCUT2D eigenvalue weighted by molar-refractivity contribution is -0.115. The number of rotatable bonds is 5. The zero-order valence-electron chi connectivity index (χ0n) is 16.7. The first-order valence-electron chi connectivity index (χ1n) is 9.78. The van der Waals surface area contributed by atoms with Gasteiger partial charge in [0.05, 0.1) is 7.11 Å². The highest BCUT2D eigenvalue weighted by Gasteiger charge is 2.28. The van der Waals surface area contributed by atoms with Crippen molar-refractivity contribution in [2.24, 2.45) is 0 Å². The van der Waals surface area contributed by atoms with Gasteiger partial charge in [-0.1, -0.05) is 54.6 Å². The van der Waals surface area contributed by atoms with E-state index >= 15 is 0 Å². The number of benzene rings is 3. The molecule has 0 fully saturated rings. The van der Waals surface area contributed by atoms with Crippen molar-refractivity contribution in [3.8, 4) is 5.75 Å². The molecule has 0 spiro atoms. The van der Waals surface area contributed by atoms with E-state index < -0.39 is 0 Å². The Balaban J connectivity index is 1.71. The summed E-state index contributed by atoms with van der Waals surface area (Å²) < 4.78 is 5.42. The Hall–Kier alpha value is -3.86. The number of anilines is 1. The van der Waals surface area contributed by atoms with Gasteiger partial charge in [-0.25, -0.2) is 0 Å². The summed E-state index contributed by atoms with van der Waals surface area (Å²) in [7, 11) is 1.58. The molecule has 0 saturated heterocycles. The van der Waals surface area contributed by atoms with Crippen molar-refractivity contribution in [3.05, 3.63) is 101 Å². The molecule has 3 aromatic carbocycles. The summed E-state index contributed by atoms with van der Waals surface area (Å²) in [5.74, 6) is 0.0336. The molecule has 1 aliphatic heterocycles. The molecule has 0 aliphatic carbocycles. The number of fused-ring (bicyclic) bond motifs is 1. The number of nitrogens with zero attached hydrogens (tertiary/aromatic N) is 1. The quantitative estimate of drug-likeness (QED) is 0.660. The van der Waals surface area contributed by atoms with Crippen molar-refractivity contribution in [1.82, 2.24) is 5.32 Å². The van der Waals surface area contributed by atoms with E-state index in [1.807, 2.05) is 54.6 Å². The van der Waals surface area contributed by atoms with E-state index in [0.29, 0.717) is 23.4 Å². The van der Waals surface area contributed by atoms with E-state index in [1.165, 1.54) is 0 Å². The topological polar surface area (TPSA) is 58.6 Å². The molecule has 1 N–H and O–H groups in total. The Labute approximate surface area is 175 Å². The first-order chi connectivity index (χ1) is 14.7. The average molecular weight is 398 g/mol. The van der Waals surface area contributed by atoms with Crippen molar-refractivity contribution >= 4 is 23.6 Å². The van der Waals surface area contributed by atoms with Crippen LogP contribution in [0.15, 0.2) is 84.6 Å². The fourth-order valence-electron chi connectivity index (χ4n) is 3.57. The van der Waals surface area contributed by atoms with Crippen molar-refractivity contribution < 1.29 is 14.3 Å². The van der Waals surface area contributed by atoms with Crippen LogP contribution >= 0.6 is 0 Å². The lowest BCUT2D eigenvalue weighted by Gasteiger charge is -2.20. The highest BCUT2D eigenvalue weighted by molar-refractivity contribution is 6.12. The number of ether oxygens (including phenoxy) is 1. The van der Waals surface area contributed by atoms with Crippen LogP contribution in [-0.2, 0) is 11.2 Å². The normalized spacial score (nSPS) is 13.0. The minimum Gasteiger partial charge on any atom is -0.496 e. The molecule has 3 aromatic rings. The Bertz CT molecular complexity index is 1110. The number of para-hydroxylation sites is 2. The summed E-state index contributed by atoms with van der Waals surface area (Å²) in [5, 5.41) is 2.82. The molecule has 0 saturated carbocycles. The maximum absolute atomic E-state index is 13.5. The Morgan fingerprint density at radius 1 is 0.933 bits per heavy atom. The van der Waals surface area contributed by atoms with Gasteiger partial charge < -0.3 is 15.0 Å². The summed E-state index contributed by atoms with van der Waals surface area (Å²) in [5.41, 5.74) is 3.39. The standard InChI is InChI=1S/C25H22N2O3/c1-30-23-14-8-6-12-20(23)17-21(26-24(28)19-10-3-2-4-11-19)25(29)27-16-15-18-9-5-7-13-22(18)27/h2-14,17H,15-16H2,1H3,(H,26,28)/b21-17+. The molecule has 1 aliphatic rings. The van der Waals surface area contributed by atoms with Crippen LogP contribution in [0.1, 0.15) is 21.5 Å². The average Bonchev–Trinajstić information content (AvgIpc) is 3.23. The van der Waals surface area contributed by atoms with E-state index in [-0.39, 0.29) is 17.5 Å². The molecule has 5 heteroatoms. The first kappa shape index (κ1) is 19.5. The number of hydrogen-bond donors (Lipinski definition) is 1. The van der Waals surface area contributed by atoms with Crippen LogP contribution in [-0.4, -0.2) is 25.5 Å². The van der Waals surface area contributed by atoms with Crippen LogP contribution in [0.5, 0.6) is 5.75 Å². The maximum atomic E-state index is 13.5. The largest absolute Gasteiger partial charge is 0.496 e. The zero-order chi connectivity index (χ0) is 20.9. The molecular weight excluding hydrogens is 376 g/mol. The third-order valence-corrected chi connectivity index (χ3v) is 5.09. The molecular formula is C25H22N2O3. The molecule has 0 unspecified atom stereocenters. The monoisotopic (exact) mass is 398 g/mol. The fraction of sp³-hybridized carbons (Fsp3) is 0.120. The maximum Gasteiger partial charge on any atom is 0.274 e. The predicted molar refractivity (Wildman–Crippen MR) is 117 cm³/mol. The Kier molecular flexibility index (Phi) is 5.61. The number of nitrogens with one attached hydrogen (secondary N) is 1. The Morgan fingerprint density at radius 3 is 2.43 bits per heavy atom. The molecule has 2 amide bonds. The summed E-state index contributed by atoms with van der Waals surface area (Å²) in [6, 6.07) is 24.1. The van der Waals surface area contributed by atoms with Crippen molar-refractivity contribution in [1.29, 1.82) is 0 Å². The second-order valence-electron chi connectivity index (χ2n) is 6.96. The summed E-state index contributed by atoms with van der Waals surface area (Å²) in [6.45, 7) is 0.572. The molecule has 0 aromatic heterocycles. The highest BCUT2D eigenvalue weighted by atomic mass is 16.5. The number of methoxy groups -OCH3 is 1. The van der Waals surface area contributed by atoms with E-state index in [9.17, 15) is 9.59 Å². The van der Waals surface area contributed by atoms with Crippen molar-refractivity contribution in [2.45, 2.75) is 6.42 Å². The lowest BCUT2D eigenvalue weighted by atomic mass is 10.1. The van der Waals surface area contributed by atoms with Gasteiger partial charge in [0, 0.05) is 23.4 Å². The van der Waals surface area contributed by atoms with Crippen LogP contribution in [0.2, 0.25) is 0 Å². The van der Waals surface area contributed by atoms with Gasteiger partial charge in [0.25, 0.3) is 11.8 Å². The van der Waals surface area contributed by atoms with Gasteiger partial charge in [-0.05, 0) is 42.3 Å². The molecule has 0 bridgehead atoms.